The van der Waals surface area contributed by atoms with Gasteiger partial charge in [-0.2, -0.15) is 0 Å². The molecule has 0 saturated carbocycles. The predicted octanol–water partition coefficient (Wildman–Crippen LogP) is 12.2. The molecule has 1 atom stereocenters. The Labute approximate surface area is 245 Å². The fourth-order valence-corrected chi connectivity index (χ4v) is 5.47. The monoisotopic (exact) mass is 541 g/mol. The molecule has 0 bridgehead atoms. The first-order chi connectivity index (χ1) is 19.4. The van der Waals surface area contributed by atoms with E-state index in [9.17, 15) is 0 Å². The predicted molar refractivity (Wildman–Crippen MR) is 178 cm³/mol. The number of aliphatic imine (C=N–C) groups is 1. The molecule has 0 fully saturated rings. The molecule has 0 amide bonds. The van der Waals surface area contributed by atoms with Crippen LogP contribution in [0, 0.1) is 0 Å². The summed E-state index contributed by atoms with van der Waals surface area (Å²) < 4.78 is 0. The van der Waals surface area contributed by atoms with Crippen LogP contribution in [0.25, 0.3) is 0 Å². The fraction of sp³-hybridized carbons (Fsp3) is 0.811. The van der Waals surface area contributed by atoms with Crippen LogP contribution in [0.3, 0.4) is 0 Å². The zero-order valence-electron chi connectivity index (χ0n) is 26.6. The van der Waals surface area contributed by atoms with E-state index < -0.39 is 0 Å². The van der Waals surface area contributed by atoms with Crippen LogP contribution < -0.4 is 5.32 Å². The molecule has 0 spiro atoms. The largest absolute Gasteiger partial charge is 0.368 e. The quantitative estimate of drug-likeness (QED) is 0.0569. The molecule has 1 N–H and O–H groups in total. The van der Waals surface area contributed by atoms with Crippen LogP contribution in [0.4, 0.5) is 0 Å². The lowest BCUT2D eigenvalue weighted by Crippen LogP contribution is -2.18. The van der Waals surface area contributed by atoms with Crippen LogP contribution in [0.15, 0.2) is 41.4 Å². The Hall–Kier alpha value is -1.31. The normalized spacial score (nSPS) is 15.7. The number of nitrogens with zero attached hydrogens (tertiary/aromatic N) is 1. The van der Waals surface area contributed by atoms with Gasteiger partial charge in [-0.15, -0.1) is 0 Å². The molecular formula is C37H68N2. The second-order valence-corrected chi connectivity index (χ2v) is 12.0. The molecule has 0 radical (unpaired) electrons. The van der Waals surface area contributed by atoms with Crippen LogP contribution >= 0.6 is 0 Å². The van der Waals surface area contributed by atoms with Gasteiger partial charge in [0.2, 0.25) is 0 Å². The van der Waals surface area contributed by atoms with E-state index in [0.29, 0.717) is 6.04 Å². The van der Waals surface area contributed by atoms with Gasteiger partial charge in [-0.25, -0.2) is 0 Å². The number of unbranched alkanes of at least 4 members (excludes halogenated alkanes) is 24. The summed E-state index contributed by atoms with van der Waals surface area (Å²) in [5, 5.41) is 3.44. The maximum Gasteiger partial charge on any atom is 0.121 e. The lowest BCUT2D eigenvalue weighted by Gasteiger charge is -2.02. The minimum atomic E-state index is 0.312. The van der Waals surface area contributed by atoms with Crippen molar-refractivity contribution in [2.75, 3.05) is 6.54 Å². The van der Waals surface area contributed by atoms with Gasteiger partial charge in [-0.1, -0.05) is 185 Å². The Morgan fingerprint density at radius 2 is 0.949 bits per heavy atom. The van der Waals surface area contributed by atoms with Crippen molar-refractivity contribution in [2.45, 2.75) is 187 Å². The number of amidine groups is 1. The molecule has 2 nitrogen and oxygen atoms in total. The smallest absolute Gasteiger partial charge is 0.121 e. The summed E-state index contributed by atoms with van der Waals surface area (Å²) in [5.41, 5.74) is 0. The Morgan fingerprint density at radius 1 is 0.538 bits per heavy atom. The van der Waals surface area contributed by atoms with Gasteiger partial charge in [0.05, 0.1) is 6.04 Å². The molecule has 0 aliphatic carbocycles. The highest BCUT2D eigenvalue weighted by atomic mass is 15.1. The van der Waals surface area contributed by atoms with Crippen LogP contribution in [0.1, 0.15) is 181 Å². The molecule has 1 aliphatic rings. The van der Waals surface area contributed by atoms with E-state index in [1.54, 1.807) is 0 Å². The topological polar surface area (TPSA) is 24.4 Å². The molecule has 1 heterocycles. The Morgan fingerprint density at radius 3 is 1.41 bits per heavy atom. The number of hydrogen-bond acceptors (Lipinski definition) is 2. The van der Waals surface area contributed by atoms with Gasteiger partial charge >= 0.3 is 0 Å². The molecule has 226 valence electrons. The zero-order valence-corrected chi connectivity index (χ0v) is 26.6. The van der Waals surface area contributed by atoms with E-state index in [1.807, 2.05) is 0 Å². The highest BCUT2D eigenvalue weighted by Crippen LogP contribution is 2.14. The Kier molecular flexibility index (Phi) is 27.2. The van der Waals surface area contributed by atoms with Crippen LogP contribution in [-0.4, -0.2) is 18.4 Å². The van der Waals surface area contributed by atoms with Crippen molar-refractivity contribution >= 4 is 5.84 Å². The molecule has 39 heavy (non-hydrogen) atoms. The van der Waals surface area contributed by atoms with E-state index in [1.165, 1.54) is 167 Å². The van der Waals surface area contributed by atoms with Crippen LogP contribution in [-0.2, 0) is 0 Å². The van der Waals surface area contributed by atoms with Gasteiger partial charge in [0.15, 0.2) is 0 Å². The molecule has 0 saturated heterocycles. The van der Waals surface area contributed by atoms with E-state index in [2.05, 4.69) is 55.6 Å². The molecule has 0 aromatic rings. The first-order valence-corrected chi connectivity index (χ1v) is 17.7. The van der Waals surface area contributed by atoms with E-state index >= 15 is 0 Å². The minimum Gasteiger partial charge on any atom is -0.368 e. The first kappa shape index (κ1) is 35.7. The molecule has 1 rings (SSSR count). The molecule has 1 aliphatic heterocycles. The number of hydrogen-bond donors (Lipinski definition) is 1. The van der Waals surface area contributed by atoms with Gasteiger partial charge < -0.3 is 5.32 Å². The van der Waals surface area contributed by atoms with E-state index in [4.69, 9.17) is 4.99 Å². The molecule has 2 heteroatoms. The second kappa shape index (κ2) is 29.7. The lowest BCUT2D eigenvalue weighted by molar-refractivity contribution is 0.540. The zero-order chi connectivity index (χ0) is 27.9. The average molecular weight is 541 g/mol. The molecule has 0 aromatic carbocycles. The van der Waals surface area contributed by atoms with Crippen LogP contribution in [0.2, 0.25) is 0 Å². The van der Waals surface area contributed by atoms with Gasteiger partial charge in [0.25, 0.3) is 0 Å². The average Bonchev–Trinajstić information content (AvgIpc) is 3.40. The Bertz CT molecular complexity index is 615. The second-order valence-electron chi connectivity index (χ2n) is 12.0. The third-order valence-electron chi connectivity index (χ3n) is 8.11. The summed E-state index contributed by atoms with van der Waals surface area (Å²) in [4.78, 5) is 4.79. The summed E-state index contributed by atoms with van der Waals surface area (Å²) in [6, 6.07) is 0.312. The maximum atomic E-state index is 4.79. The third kappa shape index (κ3) is 25.4. The van der Waals surface area contributed by atoms with Gasteiger partial charge in [0.1, 0.15) is 5.84 Å². The number of allylic oxidation sites excluding steroid dienone is 4. The fourth-order valence-electron chi connectivity index (χ4n) is 5.47. The van der Waals surface area contributed by atoms with Gasteiger partial charge in [0, 0.05) is 6.54 Å². The molecule has 0 aromatic heterocycles. The van der Waals surface area contributed by atoms with Crippen molar-refractivity contribution < 1.29 is 0 Å². The summed E-state index contributed by atoms with van der Waals surface area (Å²) in [6.07, 6.45) is 49.9. The number of nitrogens with one attached hydrogen (secondary N) is 1. The van der Waals surface area contributed by atoms with Gasteiger partial charge in [-0.05, 0) is 31.8 Å². The summed E-state index contributed by atoms with van der Waals surface area (Å²) >= 11 is 0. The van der Waals surface area contributed by atoms with Crippen molar-refractivity contribution in [1.29, 1.82) is 0 Å². The number of rotatable bonds is 29. The third-order valence-corrected chi connectivity index (χ3v) is 8.11. The minimum absolute atomic E-state index is 0.312. The van der Waals surface area contributed by atoms with Gasteiger partial charge in [-0.3, -0.25) is 4.99 Å². The first-order valence-electron chi connectivity index (χ1n) is 17.7. The summed E-state index contributed by atoms with van der Waals surface area (Å²) in [5.74, 6) is 1.03. The summed E-state index contributed by atoms with van der Waals surface area (Å²) in [7, 11) is 0. The van der Waals surface area contributed by atoms with Crippen molar-refractivity contribution in [1.82, 2.24) is 5.32 Å². The van der Waals surface area contributed by atoms with Crippen molar-refractivity contribution in [3.8, 4) is 0 Å². The SMILES string of the molecule is CCCCCCCCCCCCCC=CC=CC1=NC(C=CCCCCCCCCCCCCCCC)CN1. The molecule has 1 unspecified atom stereocenters. The summed E-state index contributed by atoms with van der Waals surface area (Å²) in [6.45, 7) is 5.53. The van der Waals surface area contributed by atoms with E-state index in [-0.39, 0.29) is 0 Å². The van der Waals surface area contributed by atoms with Crippen molar-refractivity contribution in [2.24, 2.45) is 4.99 Å². The lowest BCUT2D eigenvalue weighted by atomic mass is 10.0. The van der Waals surface area contributed by atoms with Crippen LogP contribution in [0.5, 0.6) is 0 Å². The molecular weight excluding hydrogens is 472 g/mol. The standard InChI is InChI=1S/C37H68N2/c1-3-5-7-9-11-13-15-17-19-21-23-25-27-29-31-33-36-35-38-37(39-36)34-32-30-28-26-24-22-20-18-16-14-12-10-8-6-4-2/h28,30-34,36H,3-27,29,35H2,1-2H3,(H,38,39). The highest BCUT2D eigenvalue weighted by Gasteiger charge is 2.10. The Balaban J connectivity index is 1.89. The van der Waals surface area contributed by atoms with E-state index in [0.717, 1.165) is 12.4 Å². The maximum absolute atomic E-state index is 4.79. The van der Waals surface area contributed by atoms with Crippen molar-refractivity contribution in [3.63, 3.8) is 0 Å². The van der Waals surface area contributed by atoms with Crippen molar-refractivity contribution in [3.05, 3.63) is 36.5 Å². The highest BCUT2D eigenvalue weighted by molar-refractivity contribution is 5.94.